The van der Waals surface area contributed by atoms with E-state index in [0.29, 0.717) is 12.0 Å². The lowest BCUT2D eigenvalue weighted by molar-refractivity contribution is 0.351. The summed E-state index contributed by atoms with van der Waals surface area (Å²) in [5, 5.41) is 3.50. The molecule has 0 heterocycles. The number of nitrogens with one attached hydrogen (secondary N) is 1. The normalized spacial score (nSPS) is 22.1. The summed E-state index contributed by atoms with van der Waals surface area (Å²) >= 11 is 0. The molecule has 1 N–H and O–H groups in total. The average Bonchev–Trinajstić information content (AvgIpc) is 3.14. The minimum Gasteiger partial charge on any atom is -0.493 e. The molecule has 0 amide bonds. The van der Waals surface area contributed by atoms with E-state index in [9.17, 15) is 0 Å². The summed E-state index contributed by atoms with van der Waals surface area (Å²) in [5.74, 6) is 3.07. The van der Waals surface area contributed by atoms with Gasteiger partial charge in [0.1, 0.15) is 0 Å². The fraction of sp³-hybridized carbons (Fsp3) is 0.600. The van der Waals surface area contributed by atoms with Crippen LogP contribution in [-0.4, -0.2) is 26.8 Å². The van der Waals surface area contributed by atoms with Gasteiger partial charge in [-0.3, -0.25) is 0 Å². The van der Waals surface area contributed by atoms with E-state index in [1.165, 1.54) is 12.0 Å². The first-order chi connectivity index (χ1) is 8.67. The van der Waals surface area contributed by atoms with Crippen molar-refractivity contribution in [3.63, 3.8) is 0 Å². The van der Waals surface area contributed by atoms with Crippen LogP contribution in [0.25, 0.3) is 0 Å². The Morgan fingerprint density at radius 2 is 2.06 bits per heavy atom. The van der Waals surface area contributed by atoms with Crippen molar-refractivity contribution in [1.29, 1.82) is 0 Å². The van der Waals surface area contributed by atoms with Crippen LogP contribution in [0.1, 0.15) is 31.7 Å². The standard InChI is InChI=1S/C15H23NO2/c1-10(2)16-9-11-8-13(11)12-6-5-7-14(17-3)15(12)18-4/h5-7,10-11,13,16H,8-9H2,1-4H3. The highest BCUT2D eigenvalue weighted by Gasteiger charge is 2.40. The first-order valence-corrected chi connectivity index (χ1v) is 6.61. The Labute approximate surface area is 109 Å². The van der Waals surface area contributed by atoms with E-state index >= 15 is 0 Å². The highest BCUT2D eigenvalue weighted by atomic mass is 16.5. The first-order valence-electron chi connectivity index (χ1n) is 6.61. The lowest BCUT2D eigenvalue weighted by Gasteiger charge is -2.13. The number of hydrogen-bond donors (Lipinski definition) is 1. The molecule has 1 fully saturated rings. The van der Waals surface area contributed by atoms with E-state index < -0.39 is 0 Å². The molecule has 2 unspecified atom stereocenters. The second kappa shape index (κ2) is 5.61. The van der Waals surface area contributed by atoms with Gasteiger partial charge in [-0.15, -0.1) is 0 Å². The van der Waals surface area contributed by atoms with Crippen LogP contribution in [0.2, 0.25) is 0 Å². The van der Waals surface area contributed by atoms with Gasteiger partial charge in [-0.05, 0) is 30.9 Å². The molecule has 18 heavy (non-hydrogen) atoms. The van der Waals surface area contributed by atoms with Crippen molar-refractivity contribution >= 4 is 0 Å². The topological polar surface area (TPSA) is 30.5 Å². The Kier molecular flexibility index (Phi) is 4.12. The van der Waals surface area contributed by atoms with Gasteiger partial charge in [0.25, 0.3) is 0 Å². The van der Waals surface area contributed by atoms with Crippen molar-refractivity contribution < 1.29 is 9.47 Å². The van der Waals surface area contributed by atoms with E-state index in [-0.39, 0.29) is 0 Å². The molecule has 3 heteroatoms. The summed E-state index contributed by atoms with van der Waals surface area (Å²) in [6.45, 7) is 5.45. The van der Waals surface area contributed by atoms with E-state index in [4.69, 9.17) is 9.47 Å². The van der Waals surface area contributed by atoms with Gasteiger partial charge in [0, 0.05) is 11.6 Å². The van der Waals surface area contributed by atoms with Gasteiger partial charge in [-0.2, -0.15) is 0 Å². The van der Waals surface area contributed by atoms with Crippen LogP contribution < -0.4 is 14.8 Å². The van der Waals surface area contributed by atoms with Crippen molar-refractivity contribution in [3.8, 4) is 11.5 Å². The number of benzene rings is 1. The molecule has 0 aromatic heterocycles. The van der Waals surface area contributed by atoms with Gasteiger partial charge < -0.3 is 14.8 Å². The fourth-order valence-electron chi connectivity index (χ4n) is 2.45. The number of hydrogen-bond acceptors (Lipinski definition) is 3. The predicted octanol–water partition coefficient (Wildman–Crippen LogP) is 2.81. The number of ether oxygens (including phenoxy) is 2. The summed E-state index contributed by atoms with van der Waals surface area (Å²) in [6, 6.07) is 6.70. The molecule has 100 valence electrons. The third kappa shape index (κ3) is 2.78. The lowest BCUT2D eigenvalue weighted by atomic mass is 10.1. The average molecular weight is 249 g/mol. The number of rotatable bonds is 6. The minimum absolute atomic E-state index is 0.554. The molecule has 2 rings (SSSR count). The summed E-state index contributed by atoms with van der Waals surface area (Å²) < 4.78 is 10.8. The summed E-state index contributed by atoms with van der Waals surface area (Å²) in [5.41, 5.74) is 1.28. The van der Waals surface area contributed by atoms with Crippen molar-refractivity contribution in [2.75, 3.05) is 20.8 Å². The molecule has 1 saturated carbocycles. The van der Waals surface area contributed by atoms with E-state index in [1.807, 2.05) is 12.1 Å². The third-order valence-electron chi connectivity index (χ3n) is 3.54. The molecule has 1 aliphatic carbocycles. The molecule has 0 aliphatic heterocycles. The molecule has 1 aromatic rings. The maximum Gasteiger partial charge on any atom is 0.164 e. The van der Waals surface area contributed by atoms with Crippen LogP contribution >= 0.6 is 0 Å². The van der Waals surface area contributed by atoms with Gasteiger partial charge in [-0.25, -0.2) is 0 Å². The van der Waals surface area contributed by atoms with Gasteiger partial charge in [-0.1, -0.05) is 26.0 Å². The maximum absolute atomic E-state index is 5.50. The van der Waals surface area contributed by atoms with Gasteiger partial charge in [0.15, 0.2) is 11.5 Å². The second-order valence-electron chi connectivity index (χ2n) is 5.25. The van der Waals surface area contributed by atoms with E-state index in [1.54, 1.807) is 14.2 Å². The highest BCUT2D eigenvalue weighted by molar-refractivity contribution is 5.50. The third-order valence-corrected chi connectivity index (χ3v) is 3.54. The van der Waals surface area contributed by atoms with Crippen LogP contribution in [0.3, 0.4) is 0 Å². The van der Waals surface area contributed by atoms with Gasteiger partial charge in [0.05, 0.1) is 14.2 Å². The molecule has 1 aromatic carbocycles. The number of para-hydroxylation sites is 1. The van der Waals surface area contributed by atoms with Crippen molar-refractivity contribution in [2.24, 2.45) is 5.92 Å². The zero-order valence-corrected chi connectivity index (χ0v) is 11.7. The predicted molar refractivity (Wildman–Crippen MR) is 73.5 cm³/mol. The van der Waals surface area contributed by atoms with E-state index in [0.717, 1.165) is 24.0 Å². The Morgan fingerprint density at radius 3 is 2.67 bits per heavy atom. The highest BCUT2D eigenvalue weighted by Crippen LogP contribution is 2.51. The Hall–Kier alpha value is -1.22. The second-order valence-corrected chi connectivity index (χ2v) is 5.25. The Bertz CT molecular complexity index is 403. The molecule has 3 nitrogen and oxygen atoms in total. The lowest BCUT2D eigenvalue weighted by Crippen LogP contribution is -2.25. The maximum atomic E-state index is 5.50. The smallest absolute Gasteiger partial charge is 0.164 e. The number of methoxy groups -OCH3 is 2. The summed E-state index contributed by atoms with van der Waals surface area (Å²) in [7, 11) is 3.40. The Morgan fingerprint density at radius 1 is 1.28 bits per heavy atom. The molecule has 0 radical (unpaired) electrons. The fourth-order valence-corrected chi connectivity index (χ4v) is 2.45. The monoisotopic (exact) mass is 249 g/mol. The molecule has 1 aliphatic rings. The quantitative estimate of drug-likeness (QED) is 0.841. The zero-order valence-electron chi connectivity index (χ0n) is 11.7. The molecule has 0 bridgehead atoms. The Balaban J connectivity index is 2.06. The van der Waals surface area contributed by atoms with Crippen molar-refractivity contribution in [3.05, 3.63) is 23.8 Å². The van der Waals surface area contributed by atoms with Crippen molar-refractivity contribution in [1.82, 2.24) is 5.32 Å². The molecule has 2 atom stereocenters. The summed E-state index contributed by atoms with van der Waals surface area (Å²) in [4.78, 5) is 0. The zero-order chi connectivity index (χ0) is 13.1. The van der Waals surface area contributed by atoms with Crippen LogP contribution in [0.5, 0.6) is 11.5 Å². The van der Waals surface area contributed by atoms with Crippen LogP contribution in [0.15, 0.2) is 18.2 Å². The van der Waals surface area contributed by atoms with Crippen LogP contribution in [0, 0.1) is 5.92 Å². The summed E-state index contributed by atoms with van der Waals surface area (Å²) in [6.07, 6.45) is 1.24. The largest absolute Gasteiger partial charge is 0.493 e. The van der Waals surface area contributed by atoms with Crippen LogP contribution in [-0.2, 0) is 0 Å². The van der Waals surface area contributed by atoms with Crippen molar-refractivity contribution in [2.45, 2.75) is 32.2 Å². The SMILES string of the molecule is COc1cccc(C2CC2CNC(C)C)c1OC. The molecule has 0 spiro atoms. The van der Waals surface area contributed by atoms with E-state index in [2.05, 4.69) is 25.2 Å². The first kappa shape index (κ1) is 13.2. The minimum atomic E-state index is 0.554. The van der Waals surface area contributed by atoms with Gasteiger partial charge in [0.2, 0.25) is 0 Å². The molecular weight excluding hydrogens is 226 g/mol. The molecule has 0 saturated heterocycles. The van der Waals surface area contributed by atoms with Crippen LogP contribution in [0.4, 0.5) is 0 Å². The molecular formula is C15H23NO2. The van der Waals surface area contributed by atoms with Gasteiger partial charge >= 0.3 is 0 Å².